The lowest BCUT2D eigenvalue weighted by molar-refractivity contribution is -0.139. The number of hydrogen-bond donors (Lipinski definition) is 1. The van der Waals surface area contributed by atoms with Crippen LogP contribution in [0.3, 0.4) is 0 Å². The molecule has 0 fully saturated rings. The van der Waals surface area contributed by atoms with E-state index in [9.17, 15) is 18.0 Å². The zero-order valence-corrected chi connectivity index (χ0v) is 16.2. The minimum Gasteiger partial charge on any atom is -0.466 e. The molecule has 1 aromatic rings. The van der Waals surface area contributed by atoms with E-state index in [0.717, 1.165) is 12.2 Å². The third kappa shape index (κ3) is 8.77. The van der Waals surface area contributed by atoms with Gasteiger partial charge in [-0.2, -0.15) is 0 Å². The largest absolute Gasteiger partial charge is 0.466 e. The van der Waals surface area contributed by atoms with Gasteiger partial charge in [-0.25, -0.2) is 22.7 Å². The normalized spacial score (nSPS) is 13.4. The van der Waals surface area contributed by atoms with Crippen LogP contribution in [-0.4, -0.2) is 39.8 Å². The minimum atomic E-state index is -3.60. The number of benzene rings is 1. The van der Waals surface area contributed by atoms with Gasteiger partial charge in [0.15, 0.2) is 0 Å². The Morgan fingerprint density at radius 1 is 1.12 bits per heavy atom. The predicted octanol–water partition coefficient (Wildman–Crippen LogP) is 1.97. The fourth-order valence-electron chi connectivity index (χ4n) is 2.13. The summed E-state index contributed by atoms with van der Waals surface area (Å²) in [7, 11) is -2.41. The van der Waals surface area contributed by atoms with Crippen molar-refractivity contribution < 1.29 is 27.5 Å². The number of carbonyl (C=O) groups is 2. The van der Waals surface area contributed by atoms with Gasteiger partial charge in [-0.15, -0.1) is 0 Å². The first kappa shape index (κ1) is 21.9. The van der Waals surface area contributed by atoms with Gasteiger partial charge >= 0.3 is 11.9 Å². The summed E-state index contributed by atoms with van der Waals surface area (Å²) in [5.41, 5.74) is 0.238. The Bertz CT molecular complexity index is 735. The van der Waals surface area contributed by atoms with E-state index in [2.05, 4.69) is 9.46 Å². The van der Waals surface area contributed by atoms with E-state index < -0.39 is 33.4 Å². The van der Waals surface area contributed by atoms with Crippen LogP contribution in [0.25, 0.3) is 0 Å². The third-order valence-corrected chi connectivity index (χ3v) is 4.99. The Morgan fingerprint density at radius 3 is 2.23 bits per heavy atom. The number of methoxy groups -OCH3 is 1. The first-order valence-electron chi connectivity index (χ1n) is 8.00. The van der Waals surface area contributed by atoms with Gasteiger partial charge in [0.25, 0.3) is 0 Å². The maximum Gasteiger partial charge on any atom is 0.331 e. The summed E-state index contributed by atoms with van der Waals surface area (Å²) in [6.07, 6.45) is 1.86. The number of hydrogen-bond acceptors (Lipinski definition) is 6. The summed E-state index contributed by atoms with van der Waals surface area (Å²) in [6.45, 7) is 5.25. The van der Waals surface area contributed by atoms with E-state index in [1.807, 2.05) is 20.8 Å². The van der Waals surface area contributed by atoms with E-state index in [0.29, 0.717) is 5.56 Å². The molecule has 1 rings (SSSR count). The second-order valence-corrected chi connectivity index (χ2v) is 8.64. The molecule has 0 saturated heterocycles. The Morgan fingerprint density at radius 2 is 1.69 bits per heavy atom. The zero-order chi connectivity index (χ0) is 19.8. The van der Waals surface area contributed by atoms with Crippen LogP contribution in [0.15, 0.2) is 42.5 Å². The van der Waals surface area contributed by atoms with Crippen LogP contribution in [-0.2, 0) is 29.1 Å². The zero-order valence-electron chi connectivity index (χ0n) is 15.4. The lowest BCUT2D eigenvalue weighted by Gasteiger charge is -2.23. The number of ether oxygens (including phenoxy) is 2. The van der Waals surface area contributed by atoms with Crippen LogP contribution in [0.4, 0.5) is 0 Å². The van der Waals surface area contributed by atoms with Gasteiger partial charge in [-0.1, -0.05) is 51.1 Å². The quantitative estimate of drug-likeness (QED) is 0.544. The third-order valence-electron chi connectivity index (χ3n) is 3.10. The number of carbonyl (C=O) groups excluding carboxylic acids is 2. The molecule has 0 spiro atoms. The average molecular weight is 383 g/mol. The molecule has 144 valence electrons. The number of rotatable bonds is 8. The summed E-state index contributed by atoms with van der Waals surface area (Å²) in [6, 6.07) is 8.07. The van der Waals surface area contributed by atoms with Crippen molar-refractivity contribution in [3.05, 3.63) is 48.0 Å². The highest BCUT2D eigenvalue weighted by Gasteiger charge is 2.26. The first-order chi connectivity index (χ1) is 12.0. The number of nitrogens with one attached hydrogen (secondary N) is 1. The lowest BCUT2D eigenvalue weighted by Crippen LogP contribution is -2.37. The second-order valence-electron chi connectivity index (χ2n) is 6.89. The van der Waals surface area contributed by atoms with E-state index in [4.69, 9.17) is 4.74 Å². The van der Waals surface area contributed by atoms with E-state index in [1.54, 1.807) is 30.3 Å². The minimum absolute atomic E-state index is 0.0699. The van der Waals surface area contributed by atoms with Crippen molar-refractivity contribution in [3.8, 4) is 0 Å². The summed E-state index contributed by atoms with van der Waals surface area (Å²) < 4.78 is 36.8. The molecule has 7 nitrogen and oxygen atoms in total. The molecule has 8 heteroatoms. The van der Waals surface area contributed by atoms with Crippen LogP contribution < -0.4 is 4.72 Å². The van der Waals surface area contributed by atoms with Crippen LogP contribution in [0.2, 0.25) is 0 Å². The molecule has 1 atom stereocenters. The fraction of sp³-hybridized carbons (Fsp3) is 0.444. The summed E-state index contributed by atoms with van der Waals surface area (Å²) in [5, 5.41) is 0. The molecule has 0 amide bonds. The fourth-order valence-corrected chi connectivity index (χ4v) is 3.99. The molecule has 0 saturated carbocycles. The van der Waals surface area contributed by atoms with Crippen molar-refractivity contribution >= 4 is 22.0 Å². The van der Waals surface area contributed by atoms with Gasteiger partial charge in [-0.3, -0.25) is 0 Å². The average Bonchev–Trinajstić information content (AvgIpc) is 2.54. The van der Waals surface area contributed by atoms with Crippen molar-refractivity contribution in [2.45, 2.75) is 26.8 Å². The molecule has 0 aliphatic carbocycles. The standard InChI is InChI=1S/C18H25NO6S/c1-18(2,3)13-26(22,23)19-15(14-8-6-5-7-9-14)12-25-17(21)11-10-16(20)24-4/h5-11,15,19H,12-13H2,1-4H3. The molecular weight excluding hydrogens is 358 g/mol. The Kier molecular flexibility index (Phi) is 7.98. The molecule has 1 N–H and O–H groups in total. The molecule has 0 aliphatic heterocycles. The van der Waals surface area contributed by atoms with Crippen molar-refractivity contribution in [3.63, 3.8) is 0 Å². The van der Waals surface area contributed by atoms with Crippen molar-refractivity contribution in [1.82, 2.24) is 4.72 Å². The van der Waals surface area contributed by atoms with Crippen molar-refractivity contribution in [2.75, 3.05) is 19.5 Å². The summed E-state index contributed by atoms with van der Waals surface area (Å²) in [4.78, 5) is 22.7. The van der Waals surface area contributed by atoms with Crippen LogP contribution >= 0.6 is 0 Å². The first-order valence-corrected chi connectivity index (χ1v) is 9.65. The molecule has 0 aromatic heterocycles. The van der Waals surface area contributed by atoms with Crippen LogP contribution in [0.5, 0.6) is 0 Å². The molecule has 0 aliphatic rings. The topological polar surface area (TPSA) is 98.8 Å². The van der Waals surface area contributed by atoms with E-state index in [-0.39, 0.29) is 12.4 Å². The van der Waals surface area contributed by atoms with Gasteiger partial charge in [0, 0.05) is 12.2 Å². The molecule has 0 radical (unpaired) electrons. The smallest absolute Gasteiger partial charge is 0.331 e. The molecular formula is C18H25NO6S. The Hall–Kier alpha value is -2.19. The van der Waals surface area contributed by atoms with Crippen molar-refractivity contribution in [1.29, 1.82) is 0 Å². The molecule has 26 heavy (non-hydrogen) atoms. The van der Waals surface area contributed by atoms with E-state index >= 15 is 0 Å². The van der Waals surface area contributed by atoms with Gasteiger partial charge < -0.3 is 9.47 Å². The molecule has 0 bridgehead atoms. The van der Waals surface area contributed by atoms with Gasteiger partial charge in [0.05, 0.1) is 18.9 Å². The van der Waals surface area contributed by atoms with Crippen LogP contribution in [0, 0.1) is 5.41 Å². The SMILES string of the molecule is COC(=O)C=CC(=O)OCC(NS(=O)(=O)CC(C)(C)C)c1ccccc1. The summed E-state index contributed by atoms with van der Waals surface area (Å²) in [5.74, 6) is -1.53. The highest BCUT2D eigenvalue weighted by atomic mass is 32.2. The van der Waals surface area contributed by atoms with Gasteiger partial charge in [-0.05, 0) is 11.0 Å². The van der Waals surface area contributed by atoms with Gasteiger partial charge in [0.2, 0.25) is 10.0 Å². The second kappa shape index (κ2) is 9.49. The summed E-state index contributed by atoms with van der Waals surface area (Å²) >= 11 is 0. The number of sulfonamides is 1. The highest BCUT2D eigenvalue weighted by molar-refractivity contribution is 7.89. The highest BCUT2D eigenvalue weighted by Crippen LogP contribution is 2.19. The van der Waals surface area contributed by atoms with Gasteiger partial charge in [0.1, 0.15) is 6.61 Å². The maximum absolute atomic E-state index is 12.4. The molecule has 1 unspecified atom stereocenters. The Labute approximate surface area is 154 Å². The molecule has 1 aromatic carbocycles. The van der Waals surface area contributed by atoms with E-state index in [1.165, 1.54) is 7.11 Å². The molecule has 0 heterocycles. The number of esters is 2. The monoisotopic (exact) mass is 383 g/mol. The predicted molar refractivity (Wildman–Crippen MR) is 97.7 cm³/mol. The lowest BCUT2D eigenvalue weighted by atomic mass is 10.0. The maximum atomic E-state index is 12.4. The Balaban J connectivity index is 2.86. The van der Waals surface area contributed by atoms with Crippen molar-refractivity contribution in [2.24, 2.45) is 5.41 Å². The van der Waals surface area contributed by atoms with Crippen LogP contribution in [0.1, 0.15) is 32.4 Å².